The number of nitrogens with two attached hydrogens (primary N) is 1. The standard InChI is InChI=1S/C19H29N3S/c1-15(21-11-13-22(14-12-21)19(20)23)16-7-9-18(10-8-16)17-5-3-2-4-6-17/h7-10,15,17H,2-6,11-14H2,1H3,(H2,20,23)/t15-/m0/s1. The van der Waals surface area contributed by atoms with Gasteiger partial charge in [-0.05, 0) is 49.0 Å². The highest BCUT2D eigenvalue weighted by Crippen LogP contribution is 2.33. The second kappa shape index (κ2) is 7.63. The van der Waals surface area contributed by atoms with E-state index in [1.165, 1.54) is 37.7 Å². The molecule has 2 N–H and O–H groups in total. The van der Waals surface area contributed by atoms with Crippen molar-refractivity contribution in [1.29, 1.82) is 0 Å². The van der Waals surface area contributed by atoms with Crippen LogP contribution in [0.25, 0.3) is 0 Å². The molecule has 1 heterocycles. The number of benzene rings is 1. The molecule has 126 valence electrons. The van der Waals surface area contributed by atoms with Gasteiger partial charge in [-0.3, -0.25) is 4.90 Å². The van der Waals surface area contributed by atoms with Gasteiger partial charge < -0.3 is 10.6 Å². The number of thiocarbonyl (C=S) groups is 1. The summed E-state index contributed by atoms with van der Waals surface area (Å²) in [6.45, 7) is 6.26. The molecule has 1 saturated carbocycles. The van der Waals surface area contributed by atoms with Crippen LogP contribution in [0.5, 0.6) is 0 Å². The van der Waals surface area contributed by atoms with Crippen LogP contribution < -0.4 is 5.73 Å². The van der Waals surface area contributed by atoms with E-state index in [-0.39, 0.29) is 0 Å². The minimum Gasteiger partial charge on any atom is -0.376 e. The Morgan fingerprint density at radius 3 is 2.22 bits per heavy atom. The summed E-state index contributed by atoms with van der Waals surface area (Å²) < 4.78 is 0. The molecule has 23 heavy (non-hydrogen) atoms. The van der Waals surface area contributed by atoms with Gasteiger partial charge in [0.1, 0.15) is 0 Å². The average Bonchev–Trinajstić information content (AvgIpc) is 2.62. The van der Waals surface area contributed by atoms with Gasteiger partial charge in [0.05, 0.1) is 0 Å². The molecule has 0 radical (unpaired) electrons. The molecule has 3 nitrogen and oxygen atoms in total. The lowest BCUT2D eigenvalue weighted by Gasteiger charge is -2.38. The van der Waals surface area contributed by atoms with Gasteiger partial charge in [-0.25, -0.2) is 0 Å². The summed E-state index contributed by atoms with van der Waals surface area (Å²) in [4.78, 5) is 4.63. The smallest absolute Gasteiger partial charge is 0.166 e. The molecule has 0 amide bonds. The van der Waals surface area contributed by atoms with Gasteiger partial charge in [0.15, 0.2) is 5.11 Å². The molecule has 0 aromatic heterocycles. The molecule has 1 aliphatic heterocycles. The lowest BCUT2D eigenvalue weighted by molar-refractivity contribution is 0.141. The number of hydrogen-bond acceptors (Lipinski definition) is 2. The van der Waals surface area contributed by atoms with Crippen molar-refractivity contribution in [2.75, 3.05) is 26.2 Å². The molecule has 0 spiro atoms. The quantitative estimate of drug-likeness (QED) is 0.857. The number of nitrogens with zero attached hydrogens (tertiary/aromatic N) is 2. The van der Waals surface area contributed by atoms with Crippen LogP contribution >= 0.6 is 12.2 Å². The van der Waals surface area contributed by atoms with Crippen LogP contribution in [0.3, 0.4) is 0 Å². The average molecular weight is 332 g/mol. The third-order valence-corrected chi connectivity index (χ3v) is 5.93. The predicted molar refractivity (Wildman–Crippen MR) is 101 cm³/mol. The zero-order valence-corrected chi connectivity index (χ0v) is 15.0. The van der Waals surface area contributed by atoms with Crippen LogP contribution in [-0.2, 0) is 0 Å². The fourth-order valence-electron chi connectivity index (χ4n) is 4.02. The first kappa shape index (κ1) is 16.7. The minimum absolute atomic E-state index is 0.462. The maximum Gasteiger partial charge on any atom is 0.166 e. The molecule has 2 fully saturated rings. The van der Waals surface area contributed by atoms with E-state index in [0.717, 1.165) is 32.1 Å². The Kier molecular flexibility index (Phi) is 5.54. The normalized spacial score (nSPS) is 22.0. The van der Waals surface area contributed by atoms with E-state index in [2.05, 4.69) is 41.0 Å². The molecular weight excluding hydrogens is 302 g/mol. The Labute approximate surface area is 145 Å². The van der Waals surface area contributed by atoms with Crippen molar-refractivity contribution in [3.63, 3.8) is 0 Å². The third kappa shape index (κ3) is 4.04. The number of rotatable bonds is 3. The van der Waals surface area contributed by atoms with E-state index in [1.807, 2.05) is 0 Å². The summed E-state index contributed by atoms with van der Waals surface area (Å²) >= 11 is 5.07. The van der Waals surface area contributed by atoms with Crippen LogP contribution in [0.2, 0.25) is 0 Å². The van der Waals surface area contributed by atoms with Crippen molar-refractivity contribution in [2.24, 2.45) is 5.73 Å². The maximum absolute atomic E-state index is 5.73. The molecule has 1 saturated heterocycles. The Balaban J connectivity index is 1.59. The first-order chi connectivity index (χ1) is 11.1. The predicted octanol–water partition coefficient (Wildman–Crippen LogP) is 3.66. The van der Waals surface area contributed by atoms with Crippen molar-refractivity contribution in [2.45, 2.75) is 51.0 Å². The number of hydrogen-bond donors (Lipinski definition) is 1. The van der Waals surface area contributed by atoms with Crippen molar-refractivity contribution in [3.8, 4) is 0 Å². The molecule has 1 aromatic rings. The van der Waals surface area contributed by atoms with Gasteiger partial charge in [0.2, 0.25) is 0 Å². The van der Waals surface area contributed by atoms with E-state index in [4.69, 9.17) is 18.0 Å². The maximum atomic E-state index is 5.73. The molecular formula is C19H29N3S. The Hall–Kier alpha value is -1.13. The summed E-state index contributed by atoms with van der Waals surface area (Å²) in [6.07, 6.45) is 6.96. The van der Waals surface area contributed by atoms with Gasteiger partial charge in [-0.1, -0.05) is 43.5 Å². The fourth-order valence-corrected chi connectivity index (χ4v) is 4.21. The molecule has 4 heteroatoms. The second-order valence-corrected chi connectivity index (χ2v) is 7.46. The summed E-state index contributed by atoms with van der Waals surface area (Å²) in [6, 6.07) is 9.88. The lowest BCUT2D eigenvalue weighted by atomic mass is 9.83. The van der Waals surface area contributed by atoms with Gasteiger partial charge in [-0.2, -0.15) is 0 Å². The monoisotopic (exact) mass is 331 g/mol. The van der Waals surface area contributed by atoms with Gasteiger partial charge in [0.25, 0.3) is 0 Å². The summed E-state index contributed by atoms with van der Waals surface area (Å²) in [7, 11) is 0. The Morgan fingerprint density at radius 1 is 1.04 bits per heavy atom. The molecule has 1 atom stereocenters. The van der Waals surface area contributed by atoms with Crippen LogP contribution in [0, 0.1) is 0 Å². The Morgan fingerprint density at radius 2 is 1.65 bits per heavy atom. The third-order valence-electron chi connectivity index (χ3n) is 5.67. The highest BCUT2D eigenvalue weighted by atomic mass is 32.1. The van der Waals surface area contributed by atoms with E-state index < -0.39 is 0 Å². The molecule has 3 rings (SSSR count). The molecule has 0 unspecified atom stereocenters. The minimum atomic E-state index is 0.462. The zero-order valence-electron chi connectivity index (χ0n) is 14.2. The first-order valence-corrected chi connectivity index (χ1v) is 9.44. The van der Waals surface area contributed by atoms with Crippen molar-refractivity contribution < 1.29 is 0 Å². The van der Waals surface area contributed by atoms with Crippen LogP contribution in [0.1, 0.15) is 62.1 Å². The Bertz CT molecular complexity index is 514. The summed E-state index contributed by atoms with van der Waals surface area (Å²) in [5.41, 5.74) is 8.69. The van der Waals surface area contributed by atoms with Gasteiger partial charge in [-0.15, -0.1) is 0 Å². The number of piperazine rings is 1. The summed E-state index contributed by atoms with van der Waals surface area (Å²) in [5, 5.41) is 0.536. The molecule has 1 aromatic carbocycles. The van der Waals surface area contributed by atoms with E-state index in [0.29, 0.717) is 11.2 Å². The zero-order chi connectivity index (χ0) is 16.2. The van der Waals surface area contributed by atoms with E-state index >= 15 is 0 Å². The van der Waals surface area contributed by atoms with Gasteiger partial charge in [0, 0.05) is 32.2 Å². The van der Waals surface area contributed by atoms with Crippen LogP contribution in [-0.4, -0.2) is 41.1 Å². The highest BCUT2D eigenvalue weighted by molar-refractivity contribution is 7.80. The highest BCUT2D eigenvalue weighted by Gasteiger charge is 2.23. The van der Waals surface area contributed by atoms with E-state index in [1.54, 1.807) is 5.56 Å². The molecule has 1 aliphatic carbocycles. The second-order valence-electron chi connectivity index (χ2n) is 7.04. The molecule has 2 aliphatic rings. The molecule has 0 bridgehead atoms. The first-order valence-electron chi connectivity index (χ1n) is 9.03. The summed E-state index contributed by atoms with van der Waals surface area (Å²) in [5.74, 6) is 0.794. The van der Waals surface area contributed by atoms with Crippen LogP contribution in [0.4, 0.5) is 0 Å². The van der Waals surface area contributed by atoms with Crippen molar-refractivity contribution >= 4 is 17.3 Å². The fraction of sp³-hybridized carbons (Fsp3) is 0.632. The SMILES string of the molecule is C[C@@H](c1ccc(C2CCCCC2)cc1)N1CCN(C(N)=S)CC1. The van der Waals surface area contributed by atoms with Crippen molar-refractivity contribution in [3.05, 3.63) is 35.4 Å². The topological polar surface area (TPSA) is 32.5 Å². The van der Waals surface area contributed by atoms with Gasteiger partial charge >= 0.3 is 0 Å². The van der Waals surface area contributed by atoms with Crippen molar-refractivity contribution in [1.82, 2.24) is 9.80 Å². The lowest BCUT2D eigenvalue weighted by Crippen LogP contribution is -2.50. The van der Waals surface area contributed by atoms with E-state index in [9.17, 15) is 0 Å². The van der Waals surface area contributed by atoms with Crippen LogP contribution in [0.15, 0.2) is 24.3 Å². The largest absolute Gasteiger partial charge is 0.376 e.